The zero-order chi connectivity index (χ0) is 23.0. The molecule has 32 heavy (non-hydrogen) atoms. The smallest absolute Gasteiger partial charge is 0.256 e. The fraction of sp³-hybridized carbons (Fsp3) is 0.269. The van der Waals surface area contributed by atoms with E-state index in [1.165, 1.54) is 5.56 Å². The summed E-state index contributed by atoms with van der Waals surface area (Å²) in [5.41, 5.74) is 4.39. The Balaban J connectivity index is 1.70. The van der Waals surface area contributed by atoms with E-state index in [2.05, 4.69) is 31.2 Å². The predicted molar refractivity (Wildman–Crippen MR) is 128 cm³/mol. The first-order valence-corrected chi connectivity index (χ1v) is 10.6. The number of hydrogen-bond donors (Lipinski definition) is 1. The van der Waals surface area contributed by atoms with Crippen LogP contribution >= 0.6 is 0 Å². The molecule has 0 saturated heterocycles. The number of aromatic nitrogens is 3. The van der Waals surface area contributed by atoms with Crippen LogP contribution < -0.4 is 10.1 Å². The molecule has 4 rings (SSSR count). The molecule has 0 unspecified atom stereocenters. The molecule has 0 aliphatic heterocycles. The van der Waals surface area contributed by atoms with Crippen LogP contribution in [0.4, 0.5) is 5.82 Å². The van der Waals surface area contributed by atoms with Crippen molar-refractivity contribution in [1.82, 2.24) is 14.8 Å². The molecule has 0 radical (unpaired) electrons. The molecule has 2 aromatic heterocycles. The predicted octanol–water partition coefficient (Wildman–Crippen LogP) is 5.60. The molecule has 0 fully saturated rings. The van der Waals surface area contributed by atoms with Crippen LogP contribution in [-0.4, -0.2) is 27.8 Å². The van der Waals surface area contributed by atoms with Crippen LogP contribution in [0.1, 0.15) is 48.0 Å². The number of pyridine rings is 1. The second kappa shape index (κ2) is 8.11. The van der Waals surface area contributed by atoms with Gasteiger partial charge in [0.1, 0.15) is 17.1 Å². The first-order valence-electron chi connectivity index (χ1n) is 10.6. The van der Waals surface area contributed by atoms with Crippen molar-refractivity contribution in [2.75, 3.05) is 12.4 Å². The highest BCUT2D eigenvalue weighted by Crippen LogP contribution is 2.29. The maximum Gasteiger partial charge on any atom is 0.256 e. The van der Waals surface area contributed by atoms with Crippen molar-refractivity contribution in [3.8, 4) is 11.6 Å². The van der Waals surface area contributed by atoms with Crippen LogP contribution in [0.25, 0.3) is 16.7 Å². The highest BCUT2D eigenvalue weighted by atomic mass is 16.5. The Bertz CT molecular complexity index is 1300. The third-order valence-electron chi connectivity index (χ3n) is 5.52. The number of aryl methyl sites for hydroxylation is 2. The van der Waals surface area contributed by atoms with Gasteiger partial charge in [-0.25, -0.2) is 4.98 Å². The number of ether oxygens (including phenoxy) is 1. The summed E-state index contributed by atoms with van der Waals surface area (Å²) in [6, 6.07) is 17.4. The summed E-state index contributed by atoms with van der Waals surface area (Å²) in [6.07, 6.45) is 0. The lowest BCUT2D eigenvalue weighted by Gasteiger charge is -2.19. The number of carbonyl (C=O) groups is 1. The number of benzene rings is 2. The number of fused-ring (bicyclic) bond motifs is 1. The van der Waals surface area contributed by atoms with Gasteiger partial charge in [0.05, 0.1) is 12.8 Å². The summed E-state index contributed by atoms with van der Waals surface area (Å²) in [7, 11) is 1.63. The summed E-state index contributed by atoms with van der Waals surface area (Å²) < 4.78 is 7.17. The van der Waals surface area contributed by atoms with Gasteiger partial charge in [-0.15, -0.1) is 0 Å². The van der Waals surface area contributed by atoms with Gasteiger partial charge in [0.2, 0.25) is 0 Å². The minimum atomic E-state index is -0.193. The first-order chi connectivity index (χ1) is 15.2. The van der Waals surface area contributed by atoms with E-state index in [4.69, 9.17) is 9.72 Å². The van der Waals surface area contributed by atoms with Gasteiger partial charge in [0.15, 0.2) is 5.82 Å². The van der Waals surface area contributed by atoms with Crippen molar-refractivity contribution >= 4 is 22.6 Å². The van der Waals surface area contributed by atoms with Gasteiger partial charge in [-0.3, -0.25) is 4.79 Å². The van der Waals surface area contributed by atoms with E-state index in [1.54, 1.807) is 11.8 Å². The second-order valence-electron chi connectivity index (χ2n) is 9.02. The zero-order valence-corrected chi connectivity index (χ0v) is 19.4. The number of hydrogen-bond acceptors (Lipinski definition) is 4. The summed E-state index contributed by atoms with van der Waals surface area (Å²) in [6.45, 7) is 10.4. The first kappa shape index (κ1) is 21.6. The average Bonchev–Trinajstić information content (AvgIpc) is 3.12. The quantitative estimate of drug-likeness (QED) is 0.460. The molecule has 0 aliphatic rings. The highest BCUT2D eigenvalue weighted by molar-refractivity contribution is 6.04. The van der Waals surface area contributed by atoms with Crippen molar-refractivity contribution in [2.45, 2.75) is 40.0 Å². The lowest BCUT2D eigenvalue weighted by molar-refractivity contribution is 0.102. The SMILES string of the molecule is COc1cccc2c(C)cc(-n3nc(C)cc3NC(=O)c3ccc(C(C)(C)C)cc3)nc12. The van der Waals surface area contributed by atoms with E-state index in [1.807, 2.05) is 68.4 Å². The number of carbonyl (C=O) groups excluding carboxylic acids is 1. The Morgan fingerprint density at radius 1 is 1.03 bits per heavy atom. The third-order valence-corrected chi connectivity index (χ3v) is 5.52. The minimum Gasteiger partial charge on any atom is -0.494 e. The summed E-state index contributed by atoms with van der Waals surface area (Å²) in [5, 5.41) is 8.58. The fourth-order valence-electron chi connectivity index (χ4n) is 3.72. The van der Waals surface area contributed by atoms with Gasteiger partial charge in [-0.2, -0.15) is 9.78 Å². The van der Waals surface area contributed by atoms with E-state index in [0.717, 1.165) is 22.2 Å². The van der Waals surface area contributed by atoms with E-state index >= 15 is 0 Å². The lowest BCUT2D eigenvalue weighted by Crippen LogP contribution is -2.16. The van der Waals surface area contributed by atoms with Gasteiger partial charge >= 0.3 is 0 Å². The topological polar surface area (TPSA) is 69.0 Å². The molecule has 2 heterocycles. The Morgan fingerprint density at radius 2 is 1.75 bits per heavy atom. The van der Waals surface area contributed by atoms with Gasteiger partial charge in [-0.1, -0.05) is 45.0 Å². The molecule has 0 bridgehead atoms. The normalized spacial score (nSPS) is 11.6. The van der Waals surface area contributed by atoms with Gasteiger partial charge < -0.3 is 10.1 Å². The Kier molecular flexibility index (Phi) is 5.46. The summed E-state index contributed by atoms with van der Waals surface area (Å²) in [4.78, 5) is 17.7. The molecule has 0 atom stereocenters. The van der Waals surface area contributed by atoms with E-state index in [-0.39, 0.29) is 11.3 Å². The Labute approximate surface area is 188 Å². The van der Waals surface area contributed by atoms with E-state index < -0.39 is 0 Å². The molecule has 0 saturated carbocycles. The molecule has 1 amide bonds. The molecule has 1 N–H and O–H groups in total. The summed E-state index contributed by atoms with van der Waals surface area (Å²) in [5.74, 6) is 1.68. The molecular formula is C26H28N4O2. The third kappa shape index (κ3) is 4.08. The van der Waals surface area contributed by atoms with Crippen LogP contribution in [-0.2, 0) is 5.41 Å². The molecule has 6 nitrogen and oxygen atoms in total. The molecule has 4 aromatic rings. The van der Waals surface area contributed by atoms with Gasteiger partial charge in [0.25, 0.3) is 5.91 Å². The zero-order valence-electron chi connectivity index (χ0n) is 19.4. The Morgan fingerprint density at radius 3 is 2.41 bits per heavy atom. The summed E-state index contributed by atoms with van der Waals surface area (Å²) >= 11 is 0. The van der Waals surface area contributed by atoms with Crippen LogP contribution in [0, 0.1) is 13.8 Å². The van der Waals surface area contributed by atoms with Crippen molar-refractivity contribution in [1.29, 1.82) is 0 Å². The van der Waals surface area contributed by atoms with Gasteiger partial charge in [0, 0.05) is 17.0 Å². The molecule has 2 aromatic carbocycles. The highest BCUT2D eigenvalue weighted by Gasteiger charge is 2.17. The van der Waals surface area contributed by atoms with E-state index in [9.17, 15) is 4.79 Å². The van der Waals surface area contributed by atoms with Crippen molar-refractivity contribution in [3.05, 3.63) is 77.0 Å². The second-order valence-corrected chi connectivity index (χ2v) is 9.02. The standard InChI is InChI=1S/C26H28N4O2/c1-16-14-22(27-24-20(16)8-7-9-21(24)32-6)30-23(15-17(2)29-30)28-25(31)18-10-12-19(13-11-18)26(3,4)5/h7-15H,1-6H3,(H,28,31). The molecule has 0 aliphatic carbocycles. The number of rotatable bonds is 4. The number of nitrogens with one attached hydrogen (secondary N) is 1. The van der Waals surface area contributed by atoms with Gasteiger partial charge in [-0.05, 0) is 54.7 Å². The molecule has 6 heteroatoms. The number of amides is 1. The van der Waals surface area contributed by atoms with E-state index in [0.29, 0.717) is 22.9 Å². The molecular weight excluding hydrogens is 400 g/mol. The lowest BCUT2D eigenvalue weighted by atomic mass is 9.87. The van der Waals surface area contributed by atoms with Crippen LogP contribution in [0.2, 0.25) is 0 Å². The van der Waals surface area contributed by atoms with Crippen molar-refractivity contribution in [3.63, 3.8) is 0 Å². The maximum absolute atomic E-state index is 13.0. The number of anilines is 1. The Hall–Kier alpha value is -3.67. The van der Waals surface area contributed by atoms with Crippen molar-refractivity contribution in [2.24, 2.45) is 0 Å². The molecule has 0 spiro atoms. The molecule has 164 valence electrons. The average molecular weight is 429 g/mol. The minimum absolute atomic E-state index is 0.0331. The monoisotopic (exact) mass is 428 g/mol. The number of para-hydroxylation sites is 1. The maximum atomic E-state index is 13.0. The van der Waals surface area contributed by atoms with Crippen LogP contribution in [0.5, 0.6) is 5.75 Å². The van der Waals surface area contributed by atoms with Crippen molar-refractivity contribution < 1.29 is 9.53 Å². The largest absolute Gasteiger partial charge is 0.494 e. The van der Waals surface area contributed by atoms with Crippen LogP contribution in [0.3, 0.4) is 0 Å². The number of methoxy groups -OCH3 is 1. The number of nitrogens with zero attached hydrogens (tertiary/aromatic N) is 3. The van der Waals surface area contributed by atoms with Crippen LogP contribution in [0.15, 0.2) is 54.6 Å². The fourth-order valence-corrected chi connectivity index (χ4v) is 3.72.